The van der Waals surface area contributed by atoms with Crippen LogP contribution in [0, 0.1) is 6.92 Å². The summed E-state index contributed by atoms with van der Waals surface area (Å²) >= 11 is 0. The molecule has 0 aromatic heterocycles. The van der Waals surface area contributed by atoms with Crippen LogP contribution in [0.4, 0.5) is 0 Å². The zero-order valence-electron chi connectivity index (χ0n) is 10.1. The molecule has 90 valence electrons. The van der Waals surface area contributed by atoms with E-state index in [9.17, 15) is 9.59 Å². The predicted molar refractivity (Wildman–Crippen MR) is 66.9 cm³/mol. The molecule has 0 fully saturated rings. The molecule has 0 amide bonds. The lowest BCUT2D eigenvalue weighted by Crippen LogP contribution is -2.01. The molecule has 1 aromatic rings. The standard InChI is InChI=1S/C14H16O3/c1-3-17-14(16)6-4-5-13-8-7-12(10-15)9-11(13)2/h4-5,7-10H,3,6H2,1-2H3. The second-order valence-electron chi connectivity index (χ2n) is 3.65. The SMILES string of the molecule is CCOC(=O)CC=Cc1ccc(C=O)cc1C. The van der Waals surface area contributed by atoms with E-state index in [-0.39, 0.29) is 12.4 Å². The lowest BCUT2D eigenvalue weighted by Gasteiger charge is -2.01. The van der Waals surface area contributed by atoms with E-state index in [1.54, 1.807) is 19.1 Å². The van der Waals surface area contributed by atoms with Crippen molar-refractivity contribution in [3.63, 3.8) is 0 Å². The first kappa shape index (κ1) is 13.2. The van der Waals surface area contributed by atoms with Crippen LogP contribution in [0.1, 0.15) is 34.8 Å². The summed E-state index contributed by atoms with van der Waals surface area (Å²) in [6.45, 7) is 4.11. The van der Waals surface area contributed by atoms with Crippen LogP contribution in [0.25, 0.3) is 6.08 Å². The monoisotopic (exact) mass is 232 g/mol. The normalized spacial score (nSPS) is 10.5. The third-order valence-electron chi connectivity index (χ3n) is 2.32. The van der Waals surface area contributed by atoms with E-state index in [1.165, 1.54) is 0 Å². The summed E-state index contributed by atoms with van der Waals surface area (Å²) in [7, 11) is 0. The molecule has 0 spiro atoms. The zero-order valence-corrected chi connectivity index (χ0v) is 10.1. The van der Waals surface area contributed by atoms with Crippen molar-refractivity contribution in [3.8, 4) is 0 Å². The minimum absolute atomic E-state index is 0.231. The topological polar surface area (TPSA) is 43.4 Å². The molecule has 0 heterocycles. The lowest BCUT2D eigenvalue weighted by molar-refractivity contribution is -0.142. The number of rotatable bonds is 5. The maximum atomic E-state index is 11.1. The first-order valence-corrected chi connectivity index (χ1v) is 5.55. The zero-order chi connectivity index (χ0) is 12.7. The van der Waals surface area contributed by atoms with Gasteiger partial charge in [0.1, 0.15) is 6.29 Å². The fourth-order valence-electron chi connectivity index (χ4n) is 1.46. The fraction of sp³-hybridized carbons (Fsp3) is 0.286. The Morgan fingerprint density at radius 3 is 2.76 bits per heavy atom. The van der Waals surface area contributed by atoms with Crippen molar-refractivity contribution >= 4 is 18.3 Å². The summed E-state index contributed by atoms with van der Waals surface area (Å²) in [5.74, 6) is -0.231. The Labute approximate surface area is 101 Å². The summed E-state index contributed by atoms with van der Waals surface area (Å²) in [6, 6.07) is 5.43. The van der Waals surface area contributed by atoms with E-state index in [0.29, 0.717) is 12.2 Å². The van der Waals surface area contributed by atoms with Gasteiger partial charge in [-0.25, -0.2) is 0 Å². The first-order chi connectivity index (χ1) is 8.17. The average molecular weight is 232 g/mol. The number of aldehydes is 1. The van der Waals surface area contributed by atoms with E-state index in [1.807, 2.05) is 25.1 Å². The van der Waals surface area contributed by atoms with Gasteiger partial charge in [0.2, 0.25) is 0 Å². The number of aryl methyl sites for hydroxylation is 1. The Bertz CT molecular complexity index is 433. The number of esters is 1. The van der Waals surface area contributed by atoms with E-state index in [4.69, 9.17) is 4.74 Å². The number of benzene rings is 1. The maximum Gasteiger partial charge on any atom is 0.309 e. The summed E-state index contributed by atoms with van der Waals surface area (Å²) in [5.41, 5.74) is 2.67. The molecule has 1 rings (SSSR count). The van der Waals surface area contributed by atoms with Crippen LogP contribution in [0.15, 0.2) is 24.3 Å². The van der Waals surface area contributed by atoms with Crippen LogP contribution in [0.3, 0.4) is 0 Å². The van der Waals surface area contributed by atoms with Gasteiger partial charge < -0.3 is 4.74 Å². The second kappa shape index (κ2) is 6.63. The van der Waals surface area contributed by atoms with Gasteiger partial charge in [-0.2, -0.15) is 0 Å². The van der Waals surface area contributed by atoms with E-state index in [0.717, 1.165) is 17.4 Å². The molecular weight excluding hydrogens is 216 g/mol. The molecule has 0 N–H and O–H groups in total. The molecular formula is C14H16O3. The van der Waals surface area contributed by atoms with Crippen LogP contribution >= 0.6 is 0 Å². The molecule has 3 nitrogen and oxygen atoms in total. The van der Waals surface area contributed by atoms with E-state index >= 15 is 0 Å². The van der Waals surface area contributed by atoms with Gasteiger partial charge in [-0.1, -0.05) is 24.3 Å². The summed E-state index contributed by atoms with van der Waals surface area (Å²) in [5, 5.41) is 0. The molecule has 0 unspecified atom stereocenters. The number of hydrogen-bond acceptors (Lipinski definition) is 3. The Morgan fingerprint density at radius 1 is 1.41 bits per heavy atom. The molecule has 1 aromatic carbocycles. The number of carbonyl (C=O) groups is 2. The Morgan fingerprint density at radius 2 is 2.18 bits per heavy atom. The highest BCUT2D eigenvalue weighted by atomic mass is 16.5. The molecule has 0 saturated carbocycles. The molecule has 0 radical (unpaired) electrons. The smallest absolute Gasteiger partial charge is 0.309 e. The minimum Gasteiger partial charge on any atom is -0.466 e. The molecule has 0 aliphatic rings. The van der Waals surface area contributed by atoms with Gasteiger partial charge in [0.05, 0.1) is 13.0 Å². The average Bonchev–Trinajstić information content (AvgIpc) is 2.31. The Balaban J connectivity index is 2.65. The third-order valence-corrected chi connectivity index (χ3v) is 2.32. The lowest BCUT2D eigenvalue weighted by atomic mass is 10.1. The maximum absolute atomic E-state index is 11.1. The van der Waals surface area contributed by atoms with Crippen molar-refractivity contribution in [2.24, 2.45) is 0 Å². The van der Waals surface area contributed by atoms with Gasteiger partial charge >= 0.3 is 5.97 Å². The summed E-state index contributed by atoms with van der Waals surface area (Å²) < 4.78 is 4.81. The van der Waals surface area contributed by atoms with Gasteiger partial charge in [-0.05, 0) is 31.0 Å². The number of ether oxygens (including phenoxy) is 1. The van der Waals surface area contributed by atoms with Gasteiger partial charge in [-0.15, -0.1) is 0 Å². The fourth-order valence-corrected chi connectivity index (χ4v) is 1.46. The van der Waals surface area contributed by atoms with Crippen molar-refractivity contribution in [1.29, 1.82) is 0 Å². The van der Waals surface area contributed by atoms with Crippen molar-refractivity contribution < 1.29 is 14.3 Å². The summed E-state index contributed by atoms with van der Waals surface area (Å²) in [6.07, 6.45) is 4.71. The van der Waals surface area contributed by atoms with Gasteiger partial charge in [0.15, 0.2) is 0 Å². The van der Waals surface area contributed by atoms with Crippen molar-refractivity contribution in [1.82, 2.24) is 0 Å². The van der Waals surface area contributed by atoms with Crippen molar-refractivity contribution in [3.05, 3.63) is 41.0 Å². The summed E-state index contributed by atoms with van der Waals surface area (Å²) in [4.78, 5) is 21.7. The second-order valence-corrected chi connectivity index (χ2v) is 3.65. The van der Waals surface area contributed by atoms with E-state index in [2.05, 4.69) is 0 Å². The van der Waals surface area contributed by atoms with Crippen LogP contribution in [0.5, 0.6) is 0 Å². The minimum atomic E-state index is -0.231. The molecule has 0 aliphatic carbocycles. The highest BCUT2D eigenvalue weighted by molar-refractivity contribution is 5.77. The molecule has 0 bridgehead atoms. The highest BCUT2D eigenvalue weighted by Crippen LogP contribution is 2.12. The van der Waals surface area contributed by atoms with Crippen LogP contribution in [0.2, 0.25) is 0 Å². The van der Waals surface area contributed by atoms with Crippen LogP contribution in [-0.4, -0.2) is 18.9 Å². The predicted octanol–water partition coefficient (Wildman–Crippen LogP) is 2.77. The van der Waals surface area contributed by atoms with E-state index < -0.39 is 0 Å². The van der Waals surface area contributed by atoms with Crippen molar-refractivity contribution in [2.75, 3.05) is 6.61 Å². The van der Waals surface area contributed by atoms with Gasteiger partial charge in [-0.3, -0.25) is 9.59 Å². The molecule has 0 atom stereocenters. The third kappa shape index (κ3) is 4.23. The number of hydrogen-bond donors (Lipinski definition) is 0. The first-order valence-electron chi connectivity index (χ1n) is 5.55. The van der Waals surface area contributed by atoms with Crippen LogP contribution < -0.4 is 0 Å². The Hall–Kier alpha value is -1.90. The van der Waals surface area contributed by atoms with Crippen molar-refractivity contribution in [2.45, 2.75) is 20.3 Å². The molecule has 0 aliphatic heterocycles. The largest absolute Gasteiger partial charge is 0.466 e. The van der Waals surface area contributed by atoms with Gasteiger partial charge in [0.25, 0.3) is 0 Å². The Kier molecular flexibility index (Phi) is 5.14. The number of carbonyl (C=O) groups excluding carboxylic acids is 2. The molecule has 17 heavy (non-hydrogen) atoms. The molecule has 3 heteroatoms. The highest BCUT2D eigenvalue weighted by Gasteiger charge is 1.98. The quantitative estimate of drug-likeness (QED) is 0.579. The van der Waals surface area contributed by atoms with Gasteiger partial charge in [0, 0.05) is 5.56 Å². The molecule has 0 saturated heterocycles. The van der Waals surface area contributed by atoms with Crippen LogP contribution in [-0.2, 0) is 9.53 Å².